The van der Waals surface area contributed by atoms with Gasteiger partial charge in [-0.2, -0.15) is 0 Å². The largest absolute Gasteiger partial charge is 0.496 e. The van der Waals surface area contributed by atoms with Crippen LogP contribution in [0.4, 0.5) is 0 Å². The topological polar surface area (TPSA) is 106 Å². The highest BCUT2D eigenvalue weighted by atomic mass is 16.5. The molecule has 3 rings (SSSR count). The second kappa shape index (κ2) is 8.77. The number of carbonyl (C=O) groups excluding carboxylic acids is 1. The van der Waals surface area contributed by atoms with Gasteiger partial charge in [-0.1, -0.05) is 11.2 Å². The molecule has 1 heterocycles. The Morgan fingerprint density at radius 2 is 1.57 bits per heavy atom. The summed E-state index contributed by atoms with van der Waals surface area (Å²) in [6, 6.07) is 9.06. The van der Waals surface area contributed by atoms with Crippen LogP contribution in [0.1, 0.15) is 18.4 Å². The lowest BCUT2D eigenvalue weighted by Crippen LogP contribution is -2.19. The van der Waals surface area contributed by atoms with Crippen molar-refractivity contribution >= 4 is 5.91 Å². The first-order valence-electron chi connectivity index (χ1n) is 9.17. The molecule has 30 heavy (non-hydrogen) atoms. The smallest absolute Gasteiger partial charge is 0.224 e. The summed E-state index contributed by atoms with van der Waals surface area (Å²) < 4.78 is 27.2. The number of ether oxygens (including phenoxy) is 4. The number of nitrogens with zero attached hydrogens (tertiary/aromatic N) is 1. The molecule has 158 valence electrons. The summed E-state index contributed by atoms with van der Waals surface area (Å²) >= 11 is 0. The third-order valence-corrected chi connectivity index (χ3v) is 4.93. The minimum absolute atomic E-state index is 0.444. The summed E-state index contributed by atoms with van der Waals surface area (Å²) in [5.74, 6) is 1.59. The van der Waals surface area contributed by atoms with E-state index in [1.807, 2.05) is 12.1 Å². The lowest BCUT2D eigenvalue weighted by atomic mass is 9.94. The van der Waals surface area contributed by atoms with E-state index in [1.165, 1.54) is 0 Å². The van der Waals surface area contributed by atoms with Gasteiger partial charge in [-0.05, 0) is 36.8 Å². The number of methoxy groups -OCH3 is 4. The van der Waals surface area contributed by atoms with E-state index in [2.05, 4.69) is 5.16 Å². The Balaban J connectivity index is 2.15. The maximum Gasteiger partial charge on any atom is 0.224 e. The summed E-state index contributed by atoms with van der Waals surface area (Å²) in [7, 11) is 6.18. The van der Waals surface area contributed by atoms with Gasteiger partial charge < -0.3 is 29.2 Å². The molecule has 0 spiro atoms. The van der Waals surface area contributed by atoms with E-state index in [0.717, 1.165) is 11.1 Å². The van der Waals surface area contributed by atoms with Crippen molar-refractivity contribution in [1.82, 2.24) is 5.16 Å². The molecule has 0 aliphatic carbocycles. The van der Waals surface area contributed by atoms with Gasteiger partial charge in [-0.25, -0.2) is 0 Å². The zero-order valence-corrected chi connectivity index (χ0v) is 17.5. The second-order valence-electron chi connectivity index (χ2n) is 6.56. The number of amides is 1. The highest BCUT2D eigenvalue weighted by molar-refractivity contribution is 5.85. The van der Waals surface area contributed by atoms with E-state index >= 15 is 0 Å². The van der Waals surface area contributed by atoms with Gasteiger partial charge in [0, 0.05) is 16.7 Å². The van der Waals surface area contributed by atoms with Crippen molar-refractivity contribution in [3.05, 3.63) is 42.1 Å². The van der Waals surface area contributed by atoms with Crippen LogP contribution in [0.2, 0.25) is 0 Å². The van der Waals surface area contributed by atoms with Crippen molar-refractivity contribution in [3.8, 4) is 45.4 Å². The summed E-state index contributed by atoms with van der Waals surface area (Å²) in [4.78, 5) is 11.8. The zero-order valence-electron chi connectivity index (χ0n) is 17.5. The van der Waals surface area contributed by atoms with Crippen LogP contribution >= 0.6 is 0 Å². The van der Waals surface area contributed by atoms with E-state index in [4.69, 9.17) is 29.2 Å². The van der Waals surface area contributed by atoms with Crippen LogP contribution in [0.3, 0.4) is 0 Å². The maximum absolute atomic E-state index is 11.8. The molecule has 8 nitrogen and oxygen atoms in total. The number of carbonyl (C=O) groups is 1. The normalized spacial score (nSPS) is 11.6. The Morgan fingerprint density at radius 3 is 2.10 bits per heavy atom. The highest BCUT2D eigenvalue weighted by Crippen LogP contribution is 2.44. The van der Waals surface area contributed by atoms with Crippen molar-refractivity contribution in [1.29, 1.82) is 0 Å². The van der Waals surface area contributed by atoms with E-state index < -0.39 is 11.8 Å². The molecule has 1 amide bonds. The van der Waals surface area contributed by atoms with Gasteiger partial charge in [0.2, 0.25) is 11.7 Å². The summed E-state index contributed by atoms with van der Waals surface area (Å²) in [6.45, 7) is 1.73. The molecule has 0 aliphatic rings. The third kappa shape index (κ3) is 3.76. The van der Waals surface area contributed by atoms with Gasteiger partial charge in [-0.15, -0.1) is 0 Å². The van der Waals surface area contributed by atoms with Crippen LogP contribution in [0, 0.1) is 0 Å². The molecule has 2 aromatic carbocycles. The zero-order chi connectivity index (χ0) is 21.8. The fraction of sp³-hybridized carbons (Fsp3) is 0.273. The van der Waals surface area contributed by atoms with Crippen molar-refractivity contribution < 1.29 is 28.3 Å². The number of primary amides is 1. The van der Waals surface area contributed by atoms with Gasteiger partial charge in [0.05, 0.1) is 40.6 Å². The number of aromatic nitrogens is 1. The van der Waals surface area contributed by atoms with E-state index in [1.54, 1.807) is 59.8 Å². The standard InChI is InChI=1S/C22H24N2O6/c1-12(22(23)25)15-8-13(6-7-17(15)26-2)16-11-24-30-20(16)14-9-18(27-3)21(29-5)19(10-14)28-4/h6-12H,1-5H3,(H2,23,25). The van der Waals surface area contributed by atoms with Gasteiger partial charge in [0.15, 0.2) is 17.3 Å². The lowest BCUT2D eigenvalue weighted by molar-refractivity contribution is -0.119. The number of hydrogen-bond donors (Lipinski definition) is 1. The third-order valence-electron chi connectivity index (χ3n) is 4.93. The first-order valence-corrected chi connectivity index (χ1v) is 9.17. The first-order chi connectivity index (χ1) is 14.4. The van der Waals surface area contributed by atoms with Gasteiger partial charge in [0.25, 0.3) is 0 Å². The molecule has 0 bridgehead atoms. The summed E-state index contributed by atoms with van der Waals surface area (Å²) in [5, 5.41) is 3.97. The fourth-order valence-electron chi connectivity index (χ4n) is 3.26. The molecular weight excluding hydrogens is 388 g/mol. The Hall–Kier alpha value is -3.68. The van der Waals surface area contributed by atoms with Crippen LogP contribution in [0.15, 0.2) is 41.1 Å². The predicted octanol–water partition coefficient (Wildman–Crippen LogP) is 3.63. The Labute approximate surface area is 174 Å². The molecule has 1 aromatic heterocycles. The molecule has 0 saturated carbocycles. The lowest BCUT2D eigenvalue weighted by Gasteiger charge is -2.15. The van der Waals surface area contributed by atoms with Crippen LogP contribution in [0.5, 0.6) is 23.0 Å². The molecule has 0 radical (unpaired) electrons. The molecule has 1 unspecified atom stereocenters. The molecule has 0 fully saturated rings. The highest BCUT2D eigenvalue weighted by Gasteiger charge is 2.22. The number of rotatable bonds is 8. The quantitative estimate of drug-likeness (QED) is 0.602. The second-order valence-corrected chi connectivity index (χ2v) is 6.56. The Morgan fingerprint density at radius 1 is 0.933 bits per heavy atom. The van der Waals surface area contributed by atoms with E-state index in [0.29, 0.717) is 39.9 Å². The van der Waals surface area contributed by atoms with Crippen molar-refractivity contribution in [2.24, 2.45) is 5.73 Å². The molecular formula is C22H24N2O6. The molecule has 1 atom stereocenters. The van der Waals surface area contributed by atoms with Crippen molar-refractivity contribution in [3.63, 3.8) is 0 Å². The number of benzene rings is 2. The number of nitrogens with two attached hydrogens (primary N) is 1. The Bertz CT molecular complexity index is 1030. The molecule has 3 aromatic rings. The predicted molar refractivity (Wildman–Crippen MR) is 111 cm³/mol. The van der Waals surface area contributed by atoms with Crippen molar-refractivity contribution in [2.75, 3.05) is 28.4 Å². The number of hydrogen-bond acceptors (Lipinski definition) is 7. The molecule has 0 aliphatic heterocycles. The van der Waals surface area contributed by atoms with Crippen LogP contribution in [-0.2, 0) is 4.79 Å². The van der Waals surface area contributed by atoms with E-state index in [9.17, 15) is 4.79 Å². The minimum atomic E-state index is -0.524. The molecule has 2 N–H and O–H groups in total. The molecule has 8 heteroatoms. The van der Waals surface area contributed by atoms with Crippen LogP contribution < -0.4 is 24.7 Å². The van der Waals surface area contributed by atoms with Gasteiger partial charge in [-0.3, -0.25) is 4.79 Å². The molecule has 0 saturated heterocycles. The maximum atomic E-state index is 11.8. The first kappa shape index (κ1) is 21.0. The minimum Gasteiger partial charge on any atom is -0.496 e. The fourth-order valence-corrected chi connectivity index (χ4v) is 3.26. The van der Waals surface area contributed by atoms with E-state index in [-0.39, 0.29) is 0 Å². The SMILES string of the molecule is COc1ccc(-c2cnoc2-c2cc(OC)c(OC)c(OC)c2)cc1C(C)C(N)=O. The summed E-state index contributed by atoms with van der Waals surface area (Å²) in [6.07, 6.45) is 1.61. The monoisotopic (exact) mass is 412 g/mol. The van der Waals surface area contributed by atoms with Gasteiger partial charge >= 0.3 is 0 Å². The van der Waals surface area contributed by atoms with Crippen LogP contribution in [-0.4, -0.2) is 39.5 Å². The average Bonchev–Trinajstić information content (AvgIpc) is 3.26. The summed E-state index contributed by atoms with van der Waals surface area (Å²) in [5.41, 5.74) is 8.40. The average molecular weight is 412 g/mol. The van der Waals surface area contributed by atoms with Gasteiger partial charge in [0.1, 0.15) is 5.75 Å². The Kier molecular flexibility index (Phi) is 6.15. The van der Waals surface area contributed by atoms with Crippen LogP contribution in [0.25, 0.3) is 22.5 Å². The van der Waals surface area contributed by atoms with Crippen molar-refractivity contribution in [2.45, 2.75) is 12.8 Å².